The molecule has 1 aliphatic rings. The normalized spacial score (nSPS) is 17.4. The third-order valence-electron chi connectivity index (χ3n) is 3.45. The first-order valence-electron chi connectivity index (χ1n) is 6.39. The Hall–Kier alpha value is -1.84. The number of ether oxygens (including phenoxy) is 1. The summed E-state index contributed by atoms with van der Waals surface area (Å²) in [4.78, 5) is 13.7. The van der Waals surface area contributed by atoms with E-state index in [0.717, 1.165) is 16.7 Å². The molecule has 2 aromatic rings. The Morgan fingerprint density at radius 1 is 1.15 bits per heavy atom. The summed E-state index contributed by atoms with van der Waals surface area (Å²) in [5, 5.41) is 0.701. The molecule has 0 fully saturated rings. The van der Waals surface area contributed by atoms with Crippen molar-refractivity contribution in [3.63, 3.8) is 0 Å². The minimum Gasteiger partial charge on any atom is -0.349 e. The molecule has 0 bridgehead atoms. The molecule has 1 unspecified atom stereocenters. The number of halogens is 1. The summed E-state index contributed by atoms with van der Waals surface area (Å²) in [5.74, 6) is 0.00158. The van der Waals surface area contributed by atoms with Gasteiger partial charge in [0.1, 0.15) is 0 Å². The molecule has 1 atom stereocenters. The number of hydrogen-bond acceptors (Lipinski definition) is 2. The van der Waals surface area contributed by atoms with Crippen molar-refractivity contribution in [2.24, 2.45) is 0 Å². The lowest BCUT2D eigenvalue weighted by Crippen LogP contribution is -2.24. The number of fused-ring (bicyclic) bond motifs is 1. The van der Waals surface area contributed by atoms with Crippen molar-refractivity contribution >= 4 is 17.5 Å². The van der Waals surface area contributed by atoms with Gasteiger partial charge in [-0.25, -0.2) is 0 Å². The van der Waals surface area contributed by atoms with E-state index in [1.54, 1.807) is 11.9 Å². The van der Waals surface area contributed by atoms with Gasteiger partial charge in [0, 0.05) is 23.2 Å². The van der Waals surface area contributed by atoms with E-state index in [1.165, 1.54) is 0 Å². The first kappa shape index (κ1) is 13.2. The molecule has 3 nitrogen and oxygen atoms in total. The van der Waals surface area contributed by atoms with Crippen molar-refractivity contribution in [2.75, 3.05) is 7.05 Å². The molecule has 1 amide bonds. The molecule has 0 aromatic heterocycles. The second kappa shape index (κ2) is 5.27. The van der Waals surface area contributed by atoms with E-state index >= 15 is 0 Å². The van der Waals surface area contributed by atoms with Gasteiger partial charge in [-0.1, -0.05) is 41.9 Å². The van der Waals surface area contributed by atoms with Crippen LogP contribution in [0.1, 0.15) is 27.7 Å². The van der Waals surface area contributed by atoms with Crippen LogP contribution in [0.3, 0.4) is 0 Å². The van der Waals surface area contributed by atoms with Crippen molar-refractivity contribution in [1.82, 2.24) is 4.90 Å². The van der Waals surface area contributed by atoms with Gasteiger partial charge < -0.3 is 9.64 Å². The van der Waals surface area contributed by atoms with Crippen molar-refractivity contribution in [3.05, 3.63) is 70.2 Å². The molecule has 0 N–H and O–H groups in total. The summed E-state index contributed by atoms with van der Waals surface area (Å²) < 4.78 is 5.90. The Kier molecular flexibility index (Phi) is 3.47. The molecule has 3 rings (SSSR count). The number of rotatable bonds is 3. The molecule has 20 heavy (non-hydrogen) atoms. The van der Waals surface area contributed by atoms with Gasteiger partial charge in [-0.3, -0.25) is 4.79 Å². The van der Waals surface area contributed by atoms with Crippen LogP contribution in [0.25, 0.3) is 0 Å². The summed E-state index contributed by atoms with van der Waals surface area (Å²) in [7, 11) is 1.76. The minimum atomic E-state index is -0.325. The second-order valence-electron chi connectivity index (χ2n) is 4.79. The molecule has 0 aliphatic carbocycles. The lowest BCUT2D eigenvalue weighted by molar-refractivity contribution is -0.0385. The fraction of sp³-hybridized carbons (Fsp3) is 0.188. The fourth-order valence-electron chi connectivity index (χ4n) is 2.37. The predicted octanol–water partition coefficient (Wildman–Crippen LogP) is 3.64. The Morgan fingerprint density at radius 3 is 2.60 bits per heavy atom. The van der Waals surface area contributed by atoms with Gasteiger partial charge in [0.2, 0.25) is 0 Å². The molecule has 0 radical (unpaired) electrons. The van der Waals surface area contributed by atoms with Crippen LogP contribution in [0, 0.1) is 0 Å². The number of amides is 1. The SMILES string of the molecule is CN1C(=O)c2ccccc2C1OCc1ccc(Cl)cc1. The molecule has 0 saturated heterocycles. The zero-order valence-corrected chi connectivity index (χ0v) is 11.8. The van der Waals surface area contributed by atoms with Crippen LogP contribution >= 0.6 is 11.6 Å². The van der Waals surface area contributed by atoms with Crippen molar-refractivity contribution in [3.8, 4) is 0 Å². The van der Waals surface area contributed by atoms with Gasteiger partial charge in [0.25, 0.3) is 5.91 Å². The highest BCUT2D eigenvalue weighted by atomic mass is 35.5. The highest BCUT2D eigenvalue weighted by molar-refractivity contribution is 6.30. The molecule has 1 heterocycles. The Morgan fingerprint density at radius 2 is 1.85 bits per heavy atom. The van der Waals surface area contributed by atoms with E-state index in [4.69, 9.17) is 16.3 Å². The Bertz CT molecular complexity index is 639. The zero-order valence-electron chi connectivity index (χ0n) is 11.0. The van der Waals surface area contributed by atoms with Crippen LogP contribution in [0.4, 0.5) is 0 Å². The summed E-state index contributed by atoms with van der Waals surface area (Å²) in [5.41, 5.74) is 2.67. The maximum atomic E-state index is 12.1. The maximum Gasteiger partial charge on any atom is 0.256 e. The Balaban J connectivity index is 1.78. The Labute approximate surface area is 122 Å². The standard InChI is InChI=1S/C16H14ClNO2/c1-18-15(19)13-4-2-3-5-14(13)16(18)20-10-11-6-8-12(17)9-7-11/h2-9,16H,10H2,1H3. The number of nitrogens with zero attached hydrogens (tertiary/aromatic N) is 1. The number of carbonyl (C=O) groups excluding carboxylic acids is 1. The highest BCUT2D eigenvalue weighted by Crippen LogP contribution is 2.33. The van der Waals surface area contributed by atoms with E-state index in [2.05, 4.69) is 0 Å². The van der Waals surface area contributed by atoms with Gasteiger partial charge in [-0.05, 0) is 23.8 Å². The summed E-state index contributed by atoms with van der Waals surface area (Å²) in [6.07, 6.45) is -0.325. The summed E-state index contributed by atoms with van der Waals surface area (Å²) >= 11 is 5.85. The van der Waals surface area contributed by atoms with E-state index < -0.39 is 0 Å². The van der Waals surface area contributed by atoms with E-state index in [-0.39, 0.29) is 12.1 Å². The maximum absolute atomic E-state index is 12.1. The zero-order chi connectivity index (χ0) is 14.1. The second-order valence-corrected chi connectivity index (χ2v) is 5.23. The molecule has 0 spiro atoms. The van der Waals surface area contributed by atoms with E-state index in [9.17, 15) is 4.79 Å². The molecule has 102 valence electrons. The van der Waals surface area contributed by atoms with Gasteiger partial charge in [-0.2, -0.15) is 0 Å². The lowest BCUT2D eigenvalue weighted by atomic mass is 10.1. The van der Waals surface area contributed by atoms with Gasteiger partial charge >= 0.3 is 0 Å². The van der Waals surface area contributed by atoms with Crippen LogP contribution < -0.4 is 0 Å². The van der Waals surface area contributed by atoms with Crippen LogP contribution in [0.5, 0.6) is 0 Å². The molecule has 2 aromatic carbocycles. The van der Waals surface area contributed by atoms with Crippen LogP contribution in [-0.2, 0) is 11.3 Å². The lowest BCUT2D eigenvalue weighted by Gasteiger charge is -2.21. The number of carbonyl (C=O) groups is 1. The quantitative estimate of drug-likeness (QED) is 0.862. The fourth-order valence-corrected chi connectivity index (χ4v) is 2.50. The van der Waals surface area contributed by atoms with Crippen LogP contribution in [-0.4, -0.2) is 17.9 Å². The van der Waals surface area contributed by atoms with E-state index in [0.29, 0.717) is 11.6 Å². The average molecular weight is 288 g/mol. The number of benzene rings is 2. The molecule has 4 heteroatoms. The van der Waals surface area contributed by atoms with E-state index in [1.807, 2.05) is 48.5 Å². The molecular weight excluding hydrogens is 274 g/mol. The smallest absolute Gasteiger partial charge is 0.256 e. The minimum absolute atomic E-state index is 0.00158. The molecule has 1 aliphatic heterocycles. The predicted molar refractivity (Wildman–Crippen MR) is 77.5 cm³/mol. The third kappa shape index (κ3) is 2.30. The van der Waals surface area contributed by atoms with Crippen LogP contribution in [0.2, 0.25) is 5.02 Å². The largest absolute Gasteiger partial charge is 0.349 e. The third-order valence-corrected chi connectivity index (χ3v) is 3.70. The highest BCUT2D eigenvalue weighted by Gasteiger charge is 2.34. The van der Waals surface area contributed by atoms with Gasteiger partial charge in [0.05, 0.1) is 6.61 Å². The monoisotopic (exact) mass is 287 g/mol. The topological polar surface area (TPSA) is 29.5 Å². The van der Waals surface area contributed by atoms with Crippen LogP contribution in [0.15, 0.2) is 48.5 Å². The van der Waals surface area contributed by atoms with Crippen molar-refractivity contribution in [2.45, 2.75) is 12.8 Å². The summed E-state index contributed by atoms with van der Waals surface area (Å²) in [6.45, 7) is 0.438. The average Bonchev–Trinajstić information content (AvgIpc) is 2.71. The number of hydrogen-bond donors (Lipinski definition) is 0. The van der Waals surface area contributed by atoms with Crippen molar-refractivity contribution in [1.29, 1.82) is 0 Å². The summed E-state index contributed by atoms with van der Waals surface area (Å²) in [6, 6.07) is 15.1. The first-order chi connectivity index (χ1) is 9.66. The van der Waals surface area contributed by atoms with Gasteiger partial charge in [-0.15, -0.1) is 0 Å². The molecular formula is C16H14ClNO2. The van der Waals surface area contributed by atoms with Gasteiger partial charge in [0.15, 0.2) is 6.23 Å². The first-order valence-corrected chi connectivity index (χ1v) is 6.77. The van der Waals surface area contributed by atoms with Crippen molar-refractivity contribution < 1.29 is 9.53 Å². The molecule has 0 saturated carbocycles.